The van der Waals surface area contributed by atoms with Crippen molar-refractivity contribution >= 4 is 35.1 Å². The van der Waals surface area contributed by atoms with E-state index in [2.05, 4.69) is 10.6 Å². The van der Waals surface area contributed by atoms with Gasteiger partial charge in [0.25, 0.3) is 5.91 Å². The van der Waals surface area contributed by atoms with Crippen LogP contribution in [0.2, 0.25) is 0 Å². The normalized spacial score (nSPS) is 10.9. The van der Waals surface area contributed by atoms with E-state index in [9.17, 15) is 32.3 Å². The zero-order valence-electron chi connectivity index (χ0n) is 18.9. The molecule has 2 rings (SSSR count). The first-order valence-corrected chi connectivity index (χ1v) is 10.8. The van der Waals surface area contributed by atoms with Gasteiger partial charge in [0, 0.05) is 17.8 Å². The standard InChI is InChI=1S/C24H25F3N2O6/c1-2-3-13-34-23(33)16-7-9-18(10-8-16)28-21(31)15-35-22(32)12-11-20(30)29-19-6-4-5-17(14-19)24(25,26)27/h4-10,14H,2-3,11-13,15H2,1H3,(H,28,31)(H,29,30). The smallest absolute Gasteiger partial charge is 0.416 e. The van der Waals surface area contributed by atoms with E-state index >= 15 is 0 Å². The summed E-state index contributed by atoms with van der Waals surface area (Å²) >= 11 is 0. The maximum absolute atomic E-state index is 12.7. The van der Waals surface area contributed by atoms with E-state index in [0.29, 0.717) is 17.9 Å². The highest BCUT2D eigenvalue weighted by atomic mass is 19.4. The number of halogens is 3. The molecule has 11 heteroatoms. The lowest BCUT2D eigenvalue weighted by Crippen LogP contribution is -2.22. The Morgan fingerprint density at radius 2 is 1.54 bits per heavy atom. The molecule has 2 aromatic carbocycles. The number of alkyl halides is 3. The highest BCUT2D eigenvalue weighted by Crippen LogP contribution is 2.30. The van der Waals surface area contributed by atoms with Crippen LogP contribution < -0.4 is 10.6 Å². The maximum atomic E-state index is 12.7. The van der Waals surface area contributed by atoms with Gasteiger partial charge in [-0.15, -0.1) is 0 Å². The van der Waals surface area contributed by atoms with Crippen LogP contribution in [0.5, 0.6) is 0 Å². The van der Waals surface area contributed by atoms with Crippen molar-refractivity contribution in [1.29, 1.82) is 0 Å². The van der Waals surface area contributed by atoms with E-state index < -0.39 is 42.1 Å². The largest absolute Gasteiger partial charge is 0.462 e. The minimum atomic E-state index is -4.55. The fourth-order valence-electron chi connectivity index (χ4n) is 2.71. The monoisotopic (exact) mass is 494 g/mol. The molecule has 0 unspecified atom stereocenters. The summed E-state index contributed by atoms with van der Waals surface area (Å²) in [6, 6.07) is 10.0. The minimum Gasteiger partial charge on any atom is -0.462 e. The molecule has 35 heavy (non-hydrogen) atoms. The van der Waals surface area contributed by atoms with Crippen molar-refractivity contribution in [3.8, 4) is 0 Å². The van der Waals surface area contributed by atoms with E-state index in [1.54, 1.807) is 0 Å². The Bertz CT molecular complexity index is 1040. The van der Waals surface area contributed by atoms with Crippen LogP contribution in [0, 0.1) is 0 Å². The van der Waals surface area contributed by atoms with Crippen LogP contribution in [0.3, 0.4) is 0 Å². The SMILES string of the molecule is CCCCOC(=O)c1ccc(NC(=O)COC(=O)CCC(=O)Nc2cccc(C(F)(F)F)c2)cc1. The molecule has 0 aromatic heterocycles. The van der Waals surface area contributed by atoms with Crippen LogP contribution in [-0.2, 0) is 30.0 Å². The van der Waals surface area contributed by atoms with Crippen LogP contribution in [-0.4, -0.2) is 37.0 Å². The van der Waals surface area contributed by atoms with Crippen LogP contribution >= 0.6 is 0 Å². The molecule has 0 fully saturated rings. The molecular weight excluding hydrogens is 469 g/mol. The van der Waals surface area contributed by atoms with Gasteiger partial charge in [-0.05, 0) is 48.9 Å². The number of rotatable bonds is 11. The van der Waals surface area contributed by atoms with Crippen molar-refractivity contribution in [1.82, 2.24) is 0 Å². The Morgan fingerprint density at radius 3 is 2.20 bits per heavy atom. The number of esters is 2. The Hall–Kier alpha value is -3.89. The van der Waals surface area contributed by atoms with Crippen molar-refractivity contribution in [3.63, 3.8) is 0 Å². The van der Waals surface area contributed by atoms with Gasteiger partial charge in [0.1, 0.15) is 0 Å². The summed E-state index contributed by atoms with van der Waals surface area (Å²) in [5.74, 6) is -2.61. The fraction of sp³-hybridized carbons (Fsp3) is 0.333. The fourth-order valence-corrected chi connectivity index (χ4v) is 2.71. The number of ether oxygens (including phenoxy) is 2. The second-order valence-corrected chi connectivity index (χ2v) is 7.40. The highest BCUT2D eigenvalue weighted by molar-refractivity contribution is 5.95. The van der Waals surface area contributed by atoms with Crippen LogP contribution in [0.4, 0.5) is 24.5 Å². The Morgan fingerprint density at radius 1 is 0.857 bits per heavy atom. The second-order valence-electron chi connectivity index (χ2n) is 7.40. The van der Waals surface area contributed by atoms with Gasteiger partial charge in [0.05, 0.1) is 24.2 Å². The van der Waals surface area contributed by atoms with Gasteiger partial charge in [-0.2, -0.15) is 13.2 Å². The minimum absolute atomic E-state index is 0.0576. The molecule has 0 saturated carbocycles. The molecule has 2 N–H and O–H groups in total. The molecule has 0 spiro atoms. The van der Waals surface area contributed by atoms with E-state index in [-0.39, 0.29) is 18.5 Å². The lowest BCUT2D eigenvalue weighted by Gasteiger charge is -2.10. The molecule has 0 saturated heterocycles. The van der Waals surface area contributed by atoms with Crippen molar-refractivity contribution < 1.29 is 41.8 Å². The van der Waals surface area contributed by atoms with Gasteiger partial charge in [-0.25, -0.2) is 4.79 Å². The Balaban J connectivity index is 1.71. The zero-order chi connectivity index (χ0) is 25.8. The molecule has 2 amide bonds. The highest BCUT2D eigenvalue weighted by Gasteiger charge is 2.30. The molecule has 0 radical (unpaired) electrons. The molecule has 2 aromatic rings. The van der Waals surface area contributed by atoms with Gasteiger partial charge < -0.3 is 20.1 Å². The summed E-state index contributed by atoms with van der Waals surface area (Å²) in [5, 5.41) is 4.77. The van der Waals surface area contributed by atoms with Gasteiger partial charge in [0.15, 0.2) is 6.61 Å². The van der Waals surface area contributed by atoms with E-state index in [1.165, 1.54) is 30.3 Å². The molecule has 188 valence electrons. The molecule has 0 heterocycles. The summed E-state index contributed by atoms with van der Waals surface area (Å²) in [7, 11) is 0. The lowest BCUT2D eigenvalue weighted by atomic mass is 10.2. The van der Waals surface area contributed by atoms with Crippen molar-refractivity contribution in [2.45, 2.75) is 38.8 Å². The summed E-state index contributed by atoms with van der Waals surface area (Å²) in [6.45, 7) is 1.70. The van der Waals surface area contributed by atoms with Gasteiger partial charge in [-0.1, -0.05) is 19.4 Å². The topological polar surface area (TPSA) is 111 Å². The summed E-state index contributed by atoms with van der Waals surface area (Å²) < 4.78 is 48.1. The van der Waals surface area contributed by atoms with E-state index in [0.717, 1.165) is 31.0 Å². The first-order chi connectivity index (χ1) is 16.6. The molecule has 0 atom stereocenters. The van der Waals surface area contributed by atoms with E-state index in [1.807, 2.05) is 6.92 Å². The summed E-state index contributed by atoms with van der Waals surface area (Å²) in [4.78, 5) is 47.5. The van der Waals surface area contributed by atoms with Crippen LogP contribution in [0.15, 0.2) is 48.5 Å². The molecular formula is C24H25F3N2O6. The predicted octanol–water partition coefficient (Wildman–Crippen LogP) is 4.56. The third kappa shape index (κ3) is 9.86. The van der Waals surface area contributed by atoms with Gasteiger partial charge in [0.2, 0.25) is 5.91 Å². The average molecular weight is 494 g/mol. The number of amides is 2. The number of carbonyl (C=O) groups is 4. The van der Waals surface area contributed by atoms with Gasteiger partial charge >= 0.3 is 18.1 Å². The summed E-state index contributed by atoms with van der Waals surface area (Å²) in [6.07, 6.45) is -3.60. The Kier molecular flexibility index (Phi) is 10.2. The molecule has 0 aliphatic rings. The first kappa shape index (κ1) is 27.4. The number of unbranched alkanes of at least 4 members (excludes halogenated alkanes) is 1. The van der Waals surface area contributed by atoms with Gasteiger partial charge in [-0.3, -0.25) is 14.4 Å². The third-order valence-corrected chi connectivity index (χ3v) is 4.53. The van der Waals surface area contributed by atoms with Crippen LogP contribution in [0.1, 0.15) is 48.5 Å². The Labute approximate surface area is 199 Å². The predicted molar refractivity (Wildman–Crippen MR) is 121 cm³/mol. The number of carbonyl (C=O) groups excluding carboxylic acids is 4. The first-order valence-electron chi connectivity index (χ1n) is 10.8. The summed E-state index contributed by atoms with van der Waals surface area (Å²) in [5.41, 5.74) is -0.273. The van der Waals surface area contributed by atoms with Crippen molar-refractivity contribution in [2.75, 3.05) is 23.8 Å². The third-order valence-electron chi connectivity index (χ3n) is 4.53. The quantitative estimate of drug-likeness (QED) is 0.350. The number of hydrogen-bond donors (Lipinski definition) is 2. The number of hydrogen-bond acceptors (Lipinski definition) is 6. The number of anilines is 2. The second kappa shape index (κ2) is 13.1. The molecule has 0 aliphatic heterocycles. The van der Waals surface area contributed by atoms with Crippen molar-refractivity contribution in [2.24, 2.45) is 0 Å². The van der Waals surface area contributed by atoms with Crippen LogP contribution in [0.25, 0.3) is 0 Å². The molecule has 0 aliphatic carbocycles. The maximum Gasteiger partial charge on any atom is 0.416 e. The molecule has 8 nitrogen and oxygen atoms in total. The number of benzene rings is 2. The number of nitrogens with one attached hydrogen (secondary N) is 2. The molecule has 0 bridgehead atoms. The average Bonchev–Trinajstić information content (AvgIpc) is 2.81. The lowest BCUT2D eigenvalue weighted by molar-refractivity contribution is -0.147. The van der Waals surface area contributed by atoms with Crippen molar-refractivity contribution in [3.05, 3.63) is 59.7 Å². The zero-order valence-corrected chi connectivity index (χ0v) is 18.9. The van der Waals surface area contributed by atoms with E-state index in [4.69, 9.17) is 9.47 Å².